The molecule has 0 aliphatic rings. The molecule has 7 heteroatoms. The third-order valence-corrected chi connectivity index (χ3v) is 3.95. The number of hydrogen-bond acceptors (Lipinski definition) is 5. The Balaban J connectivity index is -0.000000167. The van der Waals surface area contributed by atoms with E-state index in [0.29, 0.717) is 12.2 Å². The summed E-state index contributed by atoms with van der Waals surface area (Å²) < 4.78 is 15.5. The number of ketones is 1. The second-order valence-electron chi connectivity index (χ2n) is 6.16. The summed E-state index contributed by atoms with van der Waals surface area (Å²) in [6.07, 6.45) is 6.92. The molecule has 0 saturated carbocycles. The van der Waals surface area contributed by atoms with Crippen LogP contribution in [0.1, 0.15) is 67.1 Å². The molecule has 0 aliphatic carbocycles. The largest absolute Gasteiger partial charge is 0.481 e. The predicted octanol–water partition coefficient (Wildman–Crippen LogP) is 3.25. The molecule has 0 bridgehead atoms. The maximum atomic E-state index is 11.2. The van der Waals surface area contributed by atoms with Crippen LogP contribution < -0.4 is 16.4 Å². The number of alkyl halides is 1. The third-order valence-electron chi connectivity index (χ3n) is 3.95. The van der Waals surface area contributed by atoms with Gasteiger partial charge in [-0.05, 0) is 59.9 Å². The lowest BCUT2D eigenvalue weighted by Gasteiger charge is -2.07. The quantitative estimate of drug-likeness (QED) is 0.356. The summed E-state index contributed by atoms with van der Waals surface area (Å²) in [6, 6.07) is 0. The van der Waals surface area contributed by atoms with Crippen LogP contribution in [0.2, 0.25) is 0 Å². The van der Waals surface area contributed by atoms with Gasteiger partial charge in [-0.3, -0.25) is 14.0 Å². The molecule has 0 radical (unpaired) electrons. The van der Waals surface area contributed by atoms with Crippen molar-refractivity contribution in [3.63, 3.8) is 0 Å². The van der Waals surface area contributed by atoms with E-state index in [9.17, 15) is 14.0 Å². The zero-order valence-corrected chi connectivity index (χ0v) is 18.4. The lowest BCUT2D eigenvalue weighted by atomic mass is 9.98. The number of unbranched alkanes of at least 4 members (excludes halogenated alkanes) is 2. The van der Waals surface area contributed by atoms with Crippen LogP contribution in [-0.2, 0) is 9.59 Å². The number of rotatable bonds is 13. The molecule has 0 amide bonds. The molecule has 2 atom stereocenters. The van der Waals surface area contributed by atoms with E-state index in [1.807, 2.05) is 27.9 Å². The summed E-state index contributed by atoms with van der Waals surface area (Å²) in [5, 5.41) is 14.6. The van der Waals surface area contributed by atoms with Crippen molar-refractivity contribution in [3.8, 4) is 0 Å². The summed E-state index contributed by atoms with van der Waals surface area (Å²) in [5.41, 5.74) is 4.50. The van der Waals surface area contributed by atoms with Crippen LogP contribution in [0.3, 0.4) is 0 Å². The van der Waals surface area contributed by atoms with E-state index in [1.54, 1.807) is 6.92 Å². The molecule has 0 aromatic rings. The van der Waals surface area contributed by atoms with E-state index in [0.717, 1.165) is 45.2 Å². The molecule has 0 fully saturated rings. The summed E-state index contributed by atoms with van der Waals surface area (Å²) in [4.78, 5) is 21.5. The first-order chi connectivity index (χ1) is 13.3. The van der Waals surface area contributed by atoms with Crippen LogP contribution in [-0.4, -0.2) is 58.2 Å². The van der Waals surface area contributed by atoms with Crippen LogP contribution in [0.4, 0.5) is 4.39 Å². The number of carboxylic acid groups (broad SMARTS) is 1. The topological polar surface area (TPSA) is 104 Å². The highest BCUT2D eigenvalue weighted by molar-refractivity contribution is 5.80. The Hall–Kier alpha value is -1.05. The monoisotopic (exact) mass is 396 g/mol. The van der Waals surface area contributed by atoms with Crippen molar-refractivity contribution in [2.45, 2.75) is 65.7 Å². The van der Waals surface area contributed by atoms with Gasteiger partial charge in [-0.1, -0.05) is 33.6 Å². The minimum Gasteiger partial charge on any atom is -0.481 e. The van der Waals surface area contributed by atoms with Gasteiger partial charge < -0.3 is 21.5 Å². The molecule has 27 heavy (non-hydrogen) atoms. The minimum atomic E-state index is -1.00. The van der Waals surface area contributed by atoms with Crippen molar-refractivity contribution in [1.82, 2.24) is 10.6 Å². The Morgan fingerprint density at radius 2 is 1.37 bits per heavy atom. The van der Waals surface area contributed by atoms with E-state index in [4.69, 9.17) is 6.48 Å². The Kier molecular flexibility index (Phi) is 33.7. The van der Waals surface area contributed by atoms with Crippen LogP contribution in [0.15, 0.2) is 0 Å². The lowest BCUT2D eigenvalue weighted by Crippen LogP contribution is -2.11. The first kappa shape index (κ1) is 30.7. The molecule has 0 heterocycles. The summed E-state index contributed by atoms with van der Waals surface area (Å²) in [5.74, 6) is -0.201. The van der Waals surface area contributed by atoms with E-state index < -0.39 is 13.1 Å². The molecule has 0 saturated heterocycles. The number of Topliss-reactive ketones (excluding diaryl/α,β-unsaturated/α-hetero) is 1. The van der Waals surface area contributed by atoms with Gasteiger partial charge in [0, 0.05) is 12.3 Å². The average Bonchev–Trinajstić information content (AvgIpc) is 2.70. The molecular weight excluding hydrogens is 349 g/mol. The zero-order valence-electron chi connectivity index (χ0n) is 19.4. The maximum absolute atomic E-state index is 11.2. The molecule has 0 rings (SSSR count). The third kappa shape index (κ3) is 29.9. The molecule has 0 aliphatic heterocycles. The number of aliphatic carboxylic acids is 1. The molecule has 0 aromatic carbocycles. The minimum absolute atomic E-state index is 0.188. The van der Waals surface area contributed by atoms with E-state index in [-0.39, 0.29) is 11.8 Å². The first-order valence-corrected chi connectivity index (χ1v) is 9.79. The second-order valence-corrected chi connectivity index (χ2v) is 6.16. The zero-order chi connectivity index (χ0) is 22.8. The van der Waals surface area contributed by atoms with Crippen LogP contribution >= 0.6 is 0 Å². The lowest BCUT2D eigenvalue weighted by molar-refractivity contribution is -0.141. The van der Waals surface area contributed by atoms with Gasteiger partial charge in [0.05, 0.1) is 14.4 Å². The van der Waals surface area contributed by atoms with Gasteiger partial charge in [-0.25, -0.2) is 0 Å². The highest BCUT2D eigenvalue weighted by Gasteiger charge is 2.09. The highest BCUT2D eigenvalue weighted by Crippen LogP contribution is 2.10. The van der Waals surface area contributed by atoms with Gasteiger partial charge in [-0.2, -0.15) is 0 Å². The van der Waals surface area contributed by atoms with Gasteiger partial charge in [0.2, 0.25) is 0 Å². The Bertz CT molecular complexity index is 325. The van der Waals surface area contributed by atoms with E-state index in [2.05, 4.69) is 16.4 Å². The van der Waals surface area contributed by atoms with Crippen LogP contribution in [0, 0.1) is 11.8 Å². The Morgan fingerprint density at radius 3 is 1.67 bits per heavy atom. The average molecular weight is 397 g/mol. The fraction of sp³-hybridized carbons (Fsp3) is 0.900. The molecule has 0 unspecified atom stereocenters. The molecule has 0 spiro atoms. The van der Waals surface area contributed by atoms with Gasteiger partial charge >= 0.3 is 5.97 Å². The number of hydrogen-bond donors (Lipinski definition) is 4. The molecular formula is C20H46FN3O3. The van der Waals surface area contributed by atoms with Gasteiger partial charge in [0.15, 0.2) is 0 Å². The fourth-order valence-electron chi connectivity index (χ4n) is 2.14. The number of carboxylic acids is 1. The second kappa shape index (κ2) is 29.7. The fourth-order valence-corrected chi connectivity index (χ4v) is 2.14. The van der Waals surface area contributed by atoms with Crippen molar-refractivity contribution in [2.75, 3.05) is 41.4 Å². The molecule has 5 N–H and O–H groups in total. The Morgan fingerprint density at radius 1 is 1.00 bits per heavy atom. The summed E-state index contributed by atoms with van der Waals surface area (Å²) >= 11 is 0. The Labute approximate surface area is 168 Å². The van der Waals surface area contributed by atoms with Crippen molar-refractivity contribution in [2.24, 2.45) is 17.6 Å². The molecule has 0 aromatic heterocycles. The number of carbonyl (C=O) groups is 2. The van der Waals surface area contributed by atoms with Gasteiger partial charge in [-0.15, -0.1) is 0 Å². The number of nitrogens with one attached hydrogen (secondary N) is 2. The van der Waals surface area contributed by atoms with Gasteiger partial charge in [0.25, 0.3) is 0 Å². The molecule has 166 valence electrons. The maximum Gasteiger partial charge on any atom is 0.306 e. The van der Waals surface area contributed by atoms with Crippen molar-refractivity contribution >= 4 is 11.8 Å². The number of nitrogens with two attached hydrogens (primary N) is 1. The summed E-state index contributed by atoms with van der Waals surface area (Å²) in [7, 11) is 4.36. The van der Waals surface area contributed by atoms with Crippen LogP contribution in [0.5, 0.6) is 0 Å². The standard InChI is InChI=1S/C10H21NO.C8H17NO2.CH3F.CH5N/c1-4-10(12)9(2)7-5-6-8-11-3;1-7(8(10)11)5-3-4-6-9-2;2*1-2/h9,11H,4-8H2,1-3H3;7,9H,3-6H2,1-2H3,(H,10,11);1H3;2H2,1H3/t9-;7-;;/m00../s1/i;;1D;. The highest BCUT2D eigenvalue weighted by atomic mass is 19.1. The first-order valence-electron chi connectivity index (χ1n) is 10.5. The SMILES string of the molecule is CCC(=O)[C@@H](C)CCCCNC.CN.CNCCCC[C@H](C)C(=O)O.[2H]CF. The molecule has 6 nitrogen and oxygen atoms in total. The van der Waals surface area contributed by atoms with Crippen molar-refractivity contribution in [1.29, 1.82) is 0 Å². The number of halogens is 1. The number of carbonyl (C=O) groups excluding carboxylic acids is 1. The van der Waals surface area contributed by atoms with Crippen LogP contribution in [0.25, 0.3) is 0 Å². The van der Waals surface area contributed by atoms with E-state index >= 15 is 0 Å². The smallest absolute Gasteiger partial charge is 0.306 e. The normalized spacial score (nSPS) is 11.9. The van der Waals surface area contributed by atoms with Crippen molar-refractivity contribution in [3.05, 3.63) is 0 Å². The van der Waals surface area contributed by atoms with Gasteiger partial charge in [0.1, 0.15) is 5.78 Å². The summed E-state index contributed by atoms with van der Waals surface area (Å²) in [6.45, 7) is 7.76. The van der Waals surface area contributed by atoms with E-state index in [1.165, 1.54) is 13.5 Å². The van der Waals surface area contributed by atoms with Crippen molar-refractivity contribution < 1.29 is 20.5 Å². The predicted molar refractivity (Wildman–Crippen MR) is 114 cm³/mol.